The Hall–Kier alpha value is -1.40. The Bertz CT molecular complexity index is 485. The van der Waals surface area contributed by atoms with E-state index in [1.165, 1.54) is 17.0 Å². The fourth-order valence-corrected chi connectivity index (χ4v) is 3.04. The fourth-order valence-electron chi connectivity index (χ4n) is 1.90. The zero-order chi connectivity index (χ0) is 12.3. The molecule has 3 heteroatoms. The van der Waals surface area contributed by atoms with E-state index in [0.717, 1.165) is 23.6 Å². The largest absolute Gasteiger partial charge is 0.334 e. The molecular weight excluding hydrogens is 228 g/mol. The number of hydrogen-bond donors (Lipinski definition) is 0. The summed E-state index contributed by atoms with van der Waals surface area (Å²) in [6.07, 6.45) is 2.32. The zero-order valence-corrected chi connectivity index (χ0v) is 11.0. The molecule has 0 unspecified atom stereocenters. The molecule has 0 amide bonds. The van der Waals surface area contributed by atoms with Gasteiger partial charge in [0.05, 0.1) is 22.4 Å². The fraction of sp³-hybridized carbons (Fsp3) is 0.357. The quantitative estimate of drug-likeness (QED) is 0.747. The van der Waals surface area contributed by atoms with Crippen molar-refractivity contribution in [3.63, 3.8) is 0 Å². The molecule has 0 spiro atoms. The maximum Gasteiger partial charge on any atom is 0.0971 e. The Labute approximate surface area is 107 Å². The van der Waals surface area contributed by atoms with E-state index >= 15 is 0 Å². The third-order valence-electron chi connectivity index (χ3n) is 2.83. The van der Waals surface area contributed by atoms with Crippen molar-refractivity contribution in [3.05, 3.63) is 34.9 Å². The summed E-state index contributed by atoms with van der Waals surface area (Å²) in [5.41, 5.74) is 2.05. The van der Waals surface area contributed by atoms with Crippen LogP contribution in [0.4, 0.5) is 5.69 Å². The number of nitrogens with zero attached hydrogens (tertiary/aromatic N) is 2. The van der Waals surface area contributed by atoms with Gasteiger partial charge in [0, 0.05) is 11.4 Å². The summed E-state index contributed by atoms with van der Waals surface area (Å²) < 4.78 is 0. The molecule has 1 aromatic carbocycles. The highest BCUT2D eigenvalue weighted by molar-refractivity contribution is 8.03. The minimum absolute atomic E-state index is 0.808. The lowest BCUT2D eigenvalue weighted by Gasteiger charge is -2.20. The predicted molar refractivity (Wildman–Crippen MR) is 72.9 cm³/mol. The summed E-state index contributed by atoms with van der Waals surface area (Å²) >= 11 is 1.71. The van der Waals surface area contributed by atoms with Crippen LogP contribution in [-0.2, 0) is 0 Å². The Morgan fingerprint density at radius 2 is 2.18 bits per heavy atom. The highest BCUT2D eigenvalue weighted by Gasteiger charge is 2.25. The average Bonchev–Trinajstić information content (AvgIpc) is 2.74. The lowest BCUT2D eigenvalue weighted by molar-refractivity contribution is 0.777. The molecule has 2 nitrogen and oxygen atoms in total. The normalized spacial score (nSPS) is 16.6. The van der Waals surface area contributed by atoms with E-state index in [1.54, 1.807) is 11.8 Å². The number of rotatable bonds is 3. The van der Waals surface area contributed by atoms with Crippen LogP contribution in [0.3, 0.4) is 0 Å². The molecule has 1 aromatic rings. The van der Waals surface area contributed by atoms with Crippen LogP contribution in [0.1, 0.15) is 26.7 Å². The molecule has 0 radical (unpaired) electrons. The smallest absolute Gasteiger partial charge is 0.0971 e. The van der Waals surface area contributed by atoms with Crippen LogP contribution in [0, 0.1) is 11.3 Å². The van der Waals surface area contributed by atoms with Gasteiger partial charge in [0.25, 0.3) is 0 Å². The molecule has 0 saturated carbocycles. The summed E-state index contributed by atoms with van der Waals surface area (Å²) in [4.78, 5) is 3.54. The maximum atomic E-state index is 9.07. The van der Waals surface area contributed by atoms with Gasteiger partial charge in [-0.1, -0.05) is 37.2 Å². The predicted octanol–water partition coefficient (Wildman–Crippen LogP) is 4.15. The van der Waals surface area contributed by atoms with Crippen LogP contribution in [0.5, 0.6) is 0 Å². The second kappa shape index (κ2) is 5.29. The van der Waals surface area contributed by atoms with E-state index in [9.17, 15) is 0 Å². The van der Waals surface area contributed by atoms with Gasteiger partial charge >= 0.3 is 0 Å². The van der Waals surface area contributed by atoms with E-state index in [4.69, 9.17) is 5.26 Å². The number of fused-ring (bicyclic) bond motifs is 1. The summed E-state index contributed by atoms with van der Waals surface area (Å²) in [6.45, 7) is 5.08. The van der Waals surface area contributed by atoms with E-state index in [2.05, 4.69) is 42.2 Å². The van der Waals surface area contributed by atoms with Gasteiger partial charge in [-0.2, -0.15) is 5.26 Å². The second-order valence-corrected chi connectivity index (χ2v) is 5.15. The number of benzene rings is 1. The Balaban J connectivity index is 2.38. The van der Waals surface area contributed by atoms with Gasteiger partial charge in [0.15, 0.2) is 0 Å². The number of hydrogen-bond acceptors (Lipinski definition) is 3. The number of allylic oxidation sites excluding steroid dienone is 1. The minimum Gasteiger partial charge on any atom is -0.334 e. The lowest BCUT2D eigenvalue weighted by Crippen LogP contribution is -2.19. The Morgan fingerprint density at radius 1 is 1.41 bits per heavy atom. The molecule has 17 heavy (non-hydrogen) atoms. The van der Waals surface area contributed by atoms with E-state index in [1.807, 2.05) is 6.92 Å². The molecule has 0 aromatic heterocycles. The van der Waals surface area contributed by atoms with Crippen LogP contribution in [0.2, 0.25) is 0 Å². The maximum absolute atomic E-state index is 9.07. The number of thioether (sulfide) groups is 1. The molecule has 1 aliphatic heterocycles. The van der Waals surface area contributed by atoms with E-state index < -0.39 is 0 Å². The zero-order valence-electron chi connectivity index (χ0n) is 10.2. The monoisotopic (exact) mass is 244 g/mol. The standard InChI is InChI=1S/C14H16N2S/c1-3-4-9-16-12-7-5-6-8-13(12)17-14(16)11(2)10-15/h5-8H,3-4,9H2,1-2H3/b14-11+. The van der Waals surface area contributed by atoms with E-state index in [-0.39, 0.29) is 0 Å². The second-order valence-electron chi connectivity index (χ2n) is 4.12. The summed E-state index contributed by atoms with van der Waals surface area (Å²) in [7, 11) is 0. The molecule has 0 saturated heterocycles. The van der Waals surface area contributed by atoms with Crippen molar-refractivity contribution in [1.82, 2.24) is 0 Å². The first-order valence-electron chi connectivity index (χ1n) is 5.93. The van der Waals surface area contributed by atoms with Crippen molar-refractivity contribution >= 4 is 17.4 Å². The first-order valence-corrected chi connectivity index (χ1v) is 6.75. The average molecular weight is 244 g/mol. The third kappa shape index (κ3) is 2.32. The molecule has 0 atom stereocenters. The van der Waals surface area contributed by atoms with Crippen molar-refractivity contribution in [2.24, 2.45) is 0 Å². The van der Waals surface area contributed by atoms with Crippen LogP contribution < -0.4 is 4.90 Å². The molecule has 0 bridgehead atoms. The molecular formula is C14H16N2S. The van der Waals surface area contributed by atoms with Crippen LogP contribution in [0.15, 0.2) is 39.8 Å². The molecule has 2 rings (SSSR count). The Morgan fingerprint density at radius 3 is 2.88 bits per heavy atom. The number of anilines is 1. The number of unbranched alkanes of at least 4 members (excludes halogenated alkanes) is 1. The van der Waals surface area contributed by atoms with Gasteiger partial charge in [0.2, 0.25) is 0 Å². The Kier molecular flexibility index (Phi) is 3.75. The van der Waals surface area contributed by atoms with Crippen molar-refractivity contribution < 1.29 is 0 Å². The molecule has 0 aliphatic carbocycles. The number of para-hydroxylation sites is 1. The van der Waals surface area contributed by atoms with Crippen LogP contribution >= 0.6 is 11.8 Å². The van der Waals surface area contributed by atoms with Gasteiger partial charge < -0.3 is 4.90 Å². The van der Waals surface area contributed by atoms with Gasteiger partial charge in [-0.15, -0.1) is 0 Å². The molecule has 88 valence electrons. The SMILES string of the molecule is CCCCN1/C(=C(/C)C#N)Sc2ccccc21. The third-order valence-corrected chi connectivity index (χ3v) is 4.12. The van der Waals surface area contributed by atoms with Crippen molar-refractivity contribution in [2.75, 3.05) is 11.4 Å². The molecule has 1 aliphatic rings. The first kappa shape index (κ1) is 12.1. The van der Waals surface area contributed by atoms with Gasteiger partial charge in [-0.25, -0.2) is 0 Å². The van der Waals surface area contributed by atoms with Crippen LogP contribution in [0.25, 0.3) is 0 Å². The van der Waals surface area contributed by atoms with Gasteiger partial charge in [0.1, 0.15) is 0 Å². The van der Waals surface area contributed by atoms with Crippen molar-refractivity contribution in [3.8, 4) is 6.07 Å². The van der Waals surface area contributed by atoms with Crippen molar-refractivity contribution in [1.29, 1.82) is 5.26 Å². The molecule has 1 heterocycles. The summed E-state index contributed by atoms with van der Waals surface area (Å²) in [5.74, 6) is 0. The van der Waals surface area contributed by atoms with Gasteiger partial charge in [-0.05, 0) is 25.5 Å². The minimum atomic E-state index is 0.808. The summed E-state index contributed by atoms with van der Waals surface area (Å²) in [6, 6.07) is 10.6. The lowest BCUT2D eigenvalue weighted by atomic mass is 10.2. The van der Waals surface area contributed by atoms with E-state index in [0.29, 0.717) is 0 Å². The highest BCUT2D eigenvalue weighted by Crippen LogP contribution is 2.46. The first-order chi connectivity index (χ1) is 8.27. The number of nitriles is 1. The topological polar surface area (TPSA) is 27.0 Å². The molecule has 0 N–H and O–H groups in total. The van der Waals surface area contributed by atoms with Gasteiger partial charge in [-0.3, -0.25) is 0 Å². The van der Waals surface area contributed by atoms with Crippen LogP contribution in [-0.4, -0.2) is 6.54 Å². The highest BCUT2D eigenvalue weighted by atomic mass is 32.2. The van der Waals surface area contributed by atoms with Crippen molar-refractivity contribution in [2.45, 2.75) is 31.6 Å². The summed E-state index contributed by atoms with van der Waals surface area (Å²) in [5, 5.41) is 10.2. The molecule has 0 fully saturated rings.